The summed E-state index contributed by atoms with van der Waals surface area (Å²) in [5.41, 5.74) is 5.83. The van der Waals surface area contributed by atoms with Gasteiger partial charge in [-0.1, -0.05) is 0 Å². The van der Waals surface area contributed by atoms with Crippen molar-refractivity contribution in [1.29, 1.82) is 0 Å². The summed E-state index contributed by atoms with van der Waals surface area (Å²) in [5, 5.41) is 4.85. The van der Waals surface area contributed by atoms with Crippen molar-refractivity contribution in [2.45, 2.75) is 17.9 Å². The van der Waals surface area contributed by atoms with Crippen LogP contribution in [0.2, 0.25) is 0 Å². The lowest BCUT2D eigenvalue weighted by Gasteiger charge is -2.13. The molecule has 7 nitrogen and oxygen atoms in total. The molecule has 0 bridgehead atoms. The molecule has 2 amide bonds. The smallest absolute Gasteiger partial charge is 0.252 e. The van der Waals surface area contributed by atoms with Crippen molar-refractivity contribution in [2.75, 3.05) is 19.0 Å². The molecule has 0 radical (unpaired) electrons. The lowest BCUT2D eigenvalue weighted by atomic mass is 10.1. The van der Waals surface area contributed by atoms with Gasteiger partial charge in [0.2, 0.25) is 5.91 Å². The minimum absolute atomic E-state index is 0.0461. The van der Waals surface area contributed by atoms with Gasteiger partial charge in [-0.05, 0) is 25.1 Å². The summed E-state index contributed by atoms with van der Waals surface area (Å²) in [4.78, 5) is 23.2. The first kappa shape index (κ1) is 16.0. The molecule has 0 aliphatic carbocycles. The number of hydrogen-bond donors (Lipinski definition) is 3. The van der Waals surface area contributed by atoms with Crippen LogP contribution in [0.15, 0.2) is 23.1 Å². The van der Waals surface area contributed by atoms with Crippen LogP contribution in [0, 0.1) is 0 Å². The van der Waals surface area contributed by atoms with E-state index >= 15 is 0 Å². The first-order valence-corrected chi connectivity index (χ1v) is 7.67. The molecule has 1 aromatic rings. The summed E-state index contributed by atoms with van der Waals surface area (Å²) < 4.78 is 23.0. The van der Waals surface area contributed by atoms with E-state index in [0.717, 1.165) is 6.26 Å². The van der Waals surface area contributed by atoms with E-state index in [2.05, 4.69) is 10.6 Å². The van der Waals surface area contributed by atoms with E-state index < -0.39 is 21.8 Å². The molecule has 0 heterocycles. The zero-order chi connectivity index (χ0) is 15.5. The van der Waals surface area contributed by atoms with Gasteiger partial charge in [0.25, 0.3) is 5.91 Å². The predicted octanol–water partition coefficient (Wildman–Crippen LogP) is -0.463. The number of sulfone groups is 1. The zero-order valence-corrected chi connectivity index (χ0v) is 12.2. The van der Waals surface area contributed by atoms with E-state index in [1.807, 2.05) is 0 Å². The van der Waals surface area contributed by atoms with Gasteiger partial charge in [0.05, 0.1) is 4.90 Å². The van der Waals surface area contributed by atoms with Crippen molar-refractivity contribution in [1.82, 2.24) is 10.6 Å². The first-order chi connectivity index (χ1) is 9.15. The average molecular weight is 299 g/mol. The summed E-state index contributed by atoms with van der Waals surface area (Å²) >= 11 is 0. The molecule has 20 heavy (non-hydrogen) atoms. The SMILES string of the molecule is CNC(=O)C(C)NC(=O)c1cc(N)cc(S(C)(=O)=O)c1. The second-order valence-electron chi connectivity index (χ2n) is 4.37. The van der Waals surface area contributed by atoms with Crippen LogP contribution in [0.25, 0.3) is 0 Å². The van der Waals surface area contributed by atoms with Crippen molar-refractivity contribution >= 4 is 27.3 Å². The minimum Gasteiger partial charge on any atom is -0.399 e. The summed E-state index contributed by atoms with van der Waals surface area (Å²) in [6.45, 7) is 1.51. The molecule has 1 aromatic carbocycles. The predicted molar refractivity (Wildman–Crippen MR) is 75.0 cm³/mol. The van der Waals surface area contributed by atoms with Crippen LogP contribution in [0.5, 0.6) is 0 Å². The number of carbonyl (C=O) groups excluding carboxylic acids is 2. The highest BCUT2D eigenvalue weighted by Gasteiger charge is 2.17. The lowest BCUT2D eigenvalue weighted by Crippen LogP contribution is -2.43. The third kappa shape index (κ3) is 3.95. The Morgan fingerprint density at radius 3 is 2.35 bits per heavy atom. The van der Waals surface area contributed by atoms with Gasteiger partial charge in [0.1, 0.15) is 6.04 Å². The van der Waals surface area contributed by atoms with E-state index in [4.69, 9.17) is 5.73 Å². The number of amides is 2. The maximum absolute atomic E-state index is 12.0. The molecule has 0 saturated carbocycles. The fourth-order valence-corrected chi connectivity index (χ4v) is 2.22. The number of nitrogens with one attached hydrogen (secondary N) is 2. The third-order valence-corrected chi connectivity index (χ3v) is 3.70. The van der Waals surface area contributed by atoms with Crippen LogP contribution in [0.3, 0.4) is 0 Å². The summed E-state index contributed by atoms with van der Waals surface area (Å²) in [5.74, 6) is -0.927. The number of anilines is 1. The highest BCUT2D eigenvalue weighted by Crippen LogP contribution is 2.16. The Balaban J connectivity index is 3.06. The molecule has 0 spiro atoms. The van der Waals surface area contributed by atoms with Gasteiger partial charge in [-0.2, -0.15) is 0 Å². The largest absolute Gasteiger partial charge is 0.399 e. The molecule has 0 aliphatic rings. The quantitative estimate of drug-likeness (QED) is 0.650. The molecule has 0 aromatic heterocycles. The Morgan fingerprint density at radius 1 is 1.25 bits per heavy atom. The second kappa shape index (κ2) is 5.91. The van der Waals surface area contributed by atoms with E-state index in [9.17, 15) is 18.0 Å². The number of hydrogen-bond acceptors (Lipinski definition) is 5. The molecule has 1 atom stereocenters. The summed E-state index contributed by atoms with van der Waals surface area (Å²) in [6, 6.07) is 3.10. The van der Waals surface area contributed by atoms with E-state index in [0.29, 0.717) is 0 Å². The van der Waals surface area contributed by atoms with Crippen molar-refractivity contribution in [2.24, 2.45) is 0 Å². The van der Waals surface area contributed by atoms with Crippen molar-refractivity contribution in [3.05, 3.63) is 23.8 Å². The van der Waals surface area contributed by atoms with Crippen molar-refractivity contribution in [3.8, 4) is 0 Å². The Morgan fingerprint density at radius 2 is 1.85 bits per heavy atom. The van der Waals surface area contributed by atoms with Crippen LogP contribution in [-0.2, 0) is 14.6 Å². The van der Waals surface area contributed by atoms with Crippen molar-refractivity contribution < 1.29 is 18.0 Å². The van der Waals surface area contributed by atoms with Crippen molar-refractivity contribution in [3.63, 3.8) is 0 Å². The molecule has 0 saturated heterocycles. The normalized spacial score (nSPS) is 12.6. The average Bonchev–Trinajstić information content (AvgIpc) is 2.35. The monoisotopic (exact) mass is 299 g/mol. The fraction of sp³-hybridized carbons (Fsp3) is 0.333. The van der Waals surface area contributed by atoms with Crippen LogP contribution < -0.4 is 16.4 Å². The minimum atomic E-state index is -3.47. The number of likely N-dealkylation sites (N-methyl/N-ethyl adjacent to an activating group) is 1. The van der Waals surface area contributed by atoms with Gasteiger partial charge in [-0.25, -0.2) is 8.42 Å². The van der Waals surface area contributed by atoms with E-state index in [1.165, 1.54) is 32.2 Å². The molecule has 1 rings (SSSR count). The zero-order valence-electron chi connectivity index (χ0n) is 11.4. The second-order valence-corrected chi connectivity index (χ2v) is 6.39. The lowest BCUT2D eigenvalue weighted by molar-refractivity contribution is -0.122. The number of rotatable bonds is 4. The molecule has 0 aliphatic heterocycles. The molecule has 1 unspecified atom stereocenters. The number of nitrogens with two attached hydrogens (primary N) is 1. The molecule has 8 heteroatoms. The Labute approximate surface area is 117 Å². The fourth-order valence-electron chi connectivity index (χ4n) is 1.53. The van der Waals surface area contributed by atoms with E-state index in [-0.39, 0.29) is 22.1 Å². The Kier molecular flexibility index (Phi) is 4.72. The van der Waals surface area contributed by atoms with Crippen LogP contribution in [0.1, 0.15) is 17.3 Å². The Bertz CT molecular complexity index is 640. The Hall–Kier alpha value is -2.09. The van der Waals surface area contributed by atoms with Gasteiger partial charge in [0.15, 0.2) is 9.84 Å². The summed E-state index contributed by atoms with van der Waals surface area (Å²) in [7, 11) is -2.02. The molecule has 110 valence electrons. The number of benzene rings is 1. The molecule has 0 fully saturated rings. The van der Waals surface area contributed by atoms with Gasteiger partial charge >= 0.3 is 0 Å². The highest BCUT2D eigenvalue weighted by molar-refractivity contribution is 7.90. The van der Waals surface area contributed by atoms with Crippen LogP contribution in [0.4, 0.5) is 5.69 Å². The van der Waals surface area contributed by atoms with Crippen LogP contribution in [-0.4, -0.2) is 39.6 Å². The van der Waals surface area contributed by atoms with Gasteiger partial charge in [0, 0.05) is 24.6 Å². The molecule has 4 N–H and O–H groups in total. The number of carbonyl (C=O) groups is 2. The highest BCUT2D eigenvalue weighted by atomic mass is 32.2. The molecular weight excluding hydrogens is 282 g/mol. The molecular formula is C12H17N3O4S. The standard InChI is InChI=1S/C12H17N3O4S/c1-7(11(16)14-2)15-12(17)8-4-9(13)6-10(5-8)20(3,18)19/h4-7H,13H2,1-3H3,(H,14,16)(H,15,17). The summed E-state index contributed by atoms with van der Waals surface area (Å²) in [6.07, 6.45) is 1.02. The van der Waals surface area contributed by atoms with Crippen LogP contribution >= 0.6 is 0 Å². The third-order valence-electron chi connectivity index (χ3n) is 2.61. The topological polar surface area (TPSA) is 118 Å². The van der Waals surface area contributed by atoms with Gasteiger partial charge < -0.3 is 16.4 Å². The van der Waals surface area contributed by atoms with Gasteiger partial charge in [-0.3, -0.25) is 9.59 Å². The van der Waals surface area contributed by atoms with Gasteiger partial charge in [-0.15, -0.1) is 0 Å². The maximum Gasteiger partial charge on any atom is 0.252 e. The van der Waals surface area contributed by atoms with E-state index in [1.54, 1.807) is 0 Å². The first-order valence-electron chi connectivity index (χ1n) is 5.78. The number of nitrogen functional groups attached to an aromatic ring is 1. The maximum atomic E-state index is 12.0.